The van der Waals surface area contributed by atoms with Crippen LogP contribution in [0.4, 0.5) is 0 Å². The fourth-order valence-electron chi connectivity index (χ4n) is 1.78. The van der Waals surface area contributed by atoms with Crippen molar-refractivity contribution in [1.82, 2.24) is 10.0 Å². The van der Waals surface area contributed by atoms with Crippen LogP contribution in [-0.2, 0) is 14.8 Å². The molecule has 2 rings (SSSR count). The van der Waals surface area contributed by atoms with Gasteiger partial charge in [0, 0.05) is 12.1 Å². The number of sulfonamides is 1. The molecule has 0 unspecified atom stereocenters. The van der Waals surface area contributed by atoms with Gasteiger partial charge in [-0.3, -0.25) is 4.79 Å². The third kappa shape index (κ3) is 4.99. The monoisotopic (exact) mass is 326 g/mol. The molecule has 122 valence electrons. The summed E-state index contributed by atoms with van der Waals surface area (Å²) in [6, 6.07) is 6.23. The minimum atomic E-state index is -3.51. The number of carbonyl (C=O) groups is 1. The van der Waals surface area contributed by atoms with Gasteiger partial charge in [0.2, 0.25) is 10.0 Å². The number of nitrogens with one attached hydrogen (secondary N) is 2. The highest BCUT2D eigenvalue weighted by molar-refractivity contribution is 7.89. The topological polar surface area (TPSA) is 84.5 Å². The second-order valence-corrected chi connectivity index (χ2v) is 7.25. The minimum absolute atomic E-state index is 0.0618. The van der Waals surface area contributed by atoms with Crippen molar-refractivity contribution in [2.24, 2.45) is 0 Å². The van der Waals surface area contributed by atoms with Gasteiger partial charge in [-0.25, -0.2) is 13.1 Å². The maximum atomic E-state index is 12.1. The Morgan fingerprint density at radius 2 is 1.95 bits per heavy atom. The van der Waals surface area contributed by atoms with Crippen LogP contribution in [0.15, 0.2) is 29.2 Å². The summed E-state index contributed by atoms with van der Waals surface area (Å²) in [6.45, 7) is 3.66. The highest BCUT2D eigenvalue weighted by Crippen LogP contribution is 2.19. The fourth-order valence-corrected chi connectivity index (χ4v) is 3.10. The van der Waals surface area contributed by atoms with E-state index in [1.54, 1.807) is 12.1 Å². The summed E-state index contributed by atoms with van der Waals surface area (Å²) in [5.41, 5.74) is 0. The lowest BCUT2D eigenvalue weighted by atomic mass is 10.3. The molecule has 7 heteroatoms. The van der Waals surface area contributed by atoms with Gasteiger partial charge in [-0.05, 0) is 50.5 Å². The van der Waals surface area contributed by atoms with Crippen LogP contribution in [-0.4, -0.2) is 33.0 Å². The number of ether oxygens (including phenoxy) is 1. The van der Waals surface area contributed by atoms with Crippen molar-refractivity contribution in [3.8, 4) is 5.75 Å². The zero-order chi connectivity index (χ0) is 16.2. The summed E-state index contributed by atoms with van der Waals surface area (Å²) in [4.78, 5) is 11.7. The Hall–Kier alpha value is -1.60. The molecule has 0 aliphatic heterocycles. The molecule has 1 aliphatic rings. The van der Waals surface area contributed by atoms with Gasteiger partial charge in [0.1, 0.15) is 5.75 Å². The van der Waals surface area contributed by atoms with Crippen molar-refractivity contribution >= 4 is 15.9 Å². The van der Waals surface area contributed by atoms with Crippen LogP contribution < -0.4 is 14.8 Å². The van der Waals surface area contributed by atoms with Crippen molar-refractivity contribution in [2.75, 3.05) is 6.61 Å². The van der Waals surface area contributed by atoms with Gasteiger partial charge in [0.15, 0.2) is 6.61 Å². The summed E-state index contributed by atoms with van der Waals surface area (Å²) in [5, 5.41) is 2.82. The van der Waals surface area contributed by atoms with E-state index in [0.717, 1.165) is 19.3 Å². The minimum Gasteiger partial charge on any atom is -0.484 e. The Bertz CT molecular complexity index is 609. The number of hydrogen-bond donors (Lipinski definition) is 2. The van der Waals surface area contributed by atoms with E-state index < -0.39 is 10.0 Å². The van der Waals surface area contributed by atoms with Crippen molar-refractivity contribution in [1.29, 1.82) is 0 Å². The third-order valence-corrected chi connectivity index (χ3v) is 5.02. The Balaban J connectivity index is 1.90. The van der Waals surface area contributed by atoms with E-state index in [9.17, 15) is 13.2 Å². The summed E-state index contributed by atoms with van der Waals surface area (Å²) in [7, 11) is -3.51. The van der Waals surface area contributed by atoms with Gasteiger partial charge >= 0.3 is 0 Å². The summed E-state index contributed by atoms with van der Waals surface area (Å²) < 4.78 is 32.1. The molecule has 6 nitrogen and oxygen atoms in total. The molecule has 1 saturated carbocycles. The highest BCUT2D eigenvalue weighted by Gasteiger charge is 2.23. The first-order valence-corrected chi connectivity index (χ1v) is 8.93. The molecule has 0 saturated heterocycles. The molecular weight excluding hydrogens is 304 g/mol. The zero-order valence-corrected chi connectivity index (χ0v) is 13.7. The molecule has 1 aromatic rings. The lowest BCUT2D eigenvalue weighted by molar-refractivity contribution is -0.123. The van der Waals surface area contributed by atoms with Crippen molar-refractivity contribution in [3.63, 3.8) is 0 Å². The lowest BCUT2D eigenvalue weighted by Crippen LogP contribution is -2.32. The van der Waals surface area contributed by atoms with E-state index in [0.29, 0.717) is 11.8 Å². The van der Waals surface area contributed by atoms with Gasteiger partial charge in [-0.1, -0.05) is 6.92 Å². The molecule has 0 radical (unpaired) electrons. The van der Waals surface area contributed by atoms with Crippen LogP contribution in [0, 0.1) is 0 Å². The number of carbonyl (C=O) groups excluding carboxylic acids is 1. The zero-order valence-electron chi connectivity index (χ0n) is 12.8. The fraction of sp³-hybridized carbons (Fsp3) is 0.533. The Morgan fingerprint density at radius 3 is 2.50 bits per heavy atom. The molecular formula is C15H22N2O4S. The predicted molar refractivity (Wildman–Crippen MR) is 83.2 cm³/mol. The summed E-state index contributed by atoms with van der Waals surface area (Å²) >= 11 is 0. The van der Waals surface area contributed by atoms with Gasteiger partial charge in [0.25, 0.3) is 5.91 Å². The second-order valence-electron chi connectivity index (χ2n) is 5.53. The number of amides is 1. The SMILES string of the molecule is CC[C@H](C)NS(=O)(=O)c1ccc(OCC(=O)NC2CC2)cc1. The Kier molecular flexibility index (Phi) is 5.42. The number of benzene rings is 1. The first kappa shape index (κ1) is 16.8. The molecule has 0 spiro atoms. The van der Waals surface area contributed by atoms with Gasteiger partial charge in [-0.15, -0.1) is 0 Å². The van der Waals surface area contributed by atoms with E-state index in [1.807, 2.05) is 13.8 Å². The molecule has 0 bridgehead atoms. The van der Waals surface area contributed by atoms with E-state index in [1.165, 1.54) is 12.1 Å². The first-order valence-electron chi connectivity index (χ1n) is 7.45. The quantitative estimate of drug-likeness (QED) is 0.757. The maximum Gasteiger partial charge on any atom is 0.258 e. The van der Waals surface area contributed by atoms with Gasteiger partial charge in [-0.2, -0.15) is 0 Å². The van der Waals surface area contributed by atoms with E-state index in [2.05, 4.69) is 10.0 Å². The second kappa shape index (κ2) is 7.11. The van der Waals surface area contributed by atoms with Crippen LogP contribution in [0.2, 0.25) is 0 Å². The van der Waals surface area contributed by atoms with Gasteiger partial charge < -0.3 is 10.1 Å². The van der Waals surface area contributed by atoms with Crippen LogP contribution >= 0.6 is 0 Å². The Morgan fingerprint density at radius 1 is 1.32 bits per heavy atom. The van der Waals surface area contributed by atoms with Crippen LogP contribution in [0.25, 0.3) is 0 Å². The molecule has 0 aromatic heterocycles. The van der Waals surface area contributed by atoms with E-state index in [-0.39, 0.29) is 23.5 Å². The third-order valence-electron chi connectivity index (χ3n) is 3.42. The average molecular weight is 326 g/mol. The largest absolute Gasteiger partial charge is 0.484 e. The molecule has 1 amide bonds. The number of rotatable bonds is 8. The molecule has 1 fully saturated rings. The summed E-state index contributed by atoms with van der Waals surface area (Å²) in [6.07, 6.45) is 2.78. The Labute approximate surface area is 131 Å². The molecule has 1 atom stereocenters. The van der Waals surface area contributed by atoms with Crippen molar-refractivity contribution in [3.05, 3.63) is 24.3 Å². The van der Waals surface area contributed by atoms with E-state index >= 15 is 0 Å². The maximum absolute atomic E-state index is 12.1. The lowest BCUT2D eigenvalue weighted by Gasteiger charge is -2.12. The summed E-state index contributed by atoms with van der Waals surface area (Å²) in [5.74, 6) is 0.311. The molecule has 1 aliphatic carbocycles. The van der Waals surface area contributed by atoms with Crippen LogP contribution in [0.5, 0.6) is 5.75 Å². The standard InChI is InChI=1S/C15H22N2O4S/c1-3-11(2)17-22(19,20)14-8-6-13(7-9-14)21-10-15(18)16-12-4-5-12/h6-9,11-12,17H,3-5,10H2,1-2H3,(H,16,18)/t11-/m0/s1. The normalized spacial score (nSPS) is 16.1. The molecule has 1 aromatic carbocycles. The molecule has 22 heavy (non-hydrogen) atoms. The van der Waals surface area contributed by atoms with Gasteiger partial charge in [0.05, 0.1) is 4.90 Å². The van der Waals surface area contributed by atoms with Crippen LogP contribution in [0.3, 0.4) is 0 Å². The first-order chi connectivity index (χ1) is 10.4. The van der Waals surface area contributed by atoms with Crippen molar-refractivity contribution in [2.45, 2.75) is 50.1 Å². The van der Waals surface area contributed by atoms with E-state index in [4.69, 9.17) is 4.74 Å². The molecule has 2 N–H and O–H groups in total. The molecule has 0 heterocycles. The smallest absolute Gasteiger partial charge is 0.258 e. The highest BCUT2D eigenvalue weighted by atomic mass is 32.2. The van der Waals surface area contributed by atoms with Crippen molar-refractivity contribution < 1.29 is 17.9 Å². The number of hydrogen-bond acceptors (Lipinski definition) is 4. The average Bonchev–Trinajstić information content (AvgIpc) is 3.29. The van der Waals surface area contributed by atoms with Crippen LogP contribution in [0.1, 0.15) is 33.1 Å². The predicted octanol–water partition coefficient (Wildman–Crippen LogP) is 1.42.